The molecule has 206 valence electrons. The van der Waals surface area contributed by atoms with E-state index in [9.17, 15) is 9.59 Å². The van der Waals surface area contributed by atoms with Crippen LogP contribution in [0.15, 0.2) is 53.5 Å². The number of anilines is 2. The third-order valence-electron chi connectivity index (χ3n) is 8.77. The Kier molecular flexibility index (Phi) is 5.94. The molecule has 0 bridgehead atoms. The van der Waals surface area contributed by atoms with Crippen molar-refractivity contribution >= 4 is 39.0 Å². The average Bonchev–Trinajstić information content (AvgIpc) is 3.56. The minimum absolute atomic E-state index is 0.0411. The fourth-order valence-corrected chi connectivity index (χ4v) is 6.61. The molecule has 9 nitrogen and oxygen atoms in total. The molecule has 1 aromatic heterocycles. The lowest BCUT2D eigenvalue weighted by Crippen LogP contribution is -2.34. The Morgan fingerprint density at radius 1 is 1.12 bits per heavy atom. The number of aromatic nitrogens is 1. The molecule has 0 saturated carbocycles. The lowest BCUT2D eigenvalue weighted by atomic mass is 10.0. The Hall–Kier alpha value is -4.08. The van der Waals surface area contributed by atoms with Crippen LogP contribution in [0.25, 0.3) is 27.4 Å². The summed E-state index contributed by atoms with van der Waals surface area (Å²) >= 11 is 0. The number of likely N-dealkylation sites (tertiary alicyclic amines) is 1. The Bertz CT molecular complexity index is 1730. The van der Waals surface area contributed by atoms with Gasteiger partial charge in [0.1, 0.15) is 16.8 Å². The Labute approximate surface area is 232 Å². The Morgan fingerprint density at radius 3 is 2.65 bits per heavy atom. The van der Waals surface area contributed by atoms with Crippen molar-refractivity contribution in [3.8, 4) is 17.2 Å². The molecule has 3 aromatic carbocycles. The highest BCUT2D eigenvalue weighted by Crippen LogP contribution is 2.49. The van der Waals surface area contributed by atoms with E-state index in [1.807, 2.05) is 41.0 Å². The summed E-state index contributed by atoms with van der Waals surface area (Å²) in [5.41, 5.74) is 15.2. The molecule has 40 heavy (non-hydrogen) atoms. The minimum Gasteiger partial charge on any atom is -0.451 e. The maximum atomic E-state index is 13.8. The van der Waals surface area contributed by atoms with Crippen LogP contribution < -0.4 is 31.8 Å². The van der Waals surface area contributed by atoms with Gasteiger partial charge in [-0.05, 0) is 68.2 Å². The summed E-state index contributed by atoms with van der Waals surface area (Å²) < 4.78 is 8.50. The minimum atomic E-state index is -0.375. The van der Waals surface area contributed by atoms with E-state index in [-0.39, 0.29) is 22.9 Å². The van der Waals surface area contributed by atoms with Gasteiger partial charge >= 0.3 is 0 Å². The van der Waals surface area contributed by atoms with Gasteiger partial charge in [-0.2, -0.15) is 0 Å². The first-order chi connectivity index (χ1) is 19.4. The van der Waals surface area contributed by atoms with Gasteiger partial charge in [0.15, 0.2) is 11.5 Å². The molecular weight excluding hydrogens is 504 g/mol. The number of nitrogens with two attached hydrogens (primary N) is 2. The van der Waals surface area contributed by atoms with E-state index in [0.29, 0.717) is 47.2 Å². The molecule has 4 heterocycles. The van der Waals surface area contributed by atoms with Crippen LogP contribution in [0.2, 0.25) is 0 Å². The largest absolute Gasteiger partial charge is 0.451 e. The number of nitrogens with zero attached hydrogens (tertiary/aromatic N) is 3. The normalized spacial score (nSPS) is 20.2. The summed E-state index contributed by atoms with van der Waals surface area (Å²) in [6.45, 7) is 2.99. The summed E-state index contributed by atoms with van der Waals surface area (Å²) in [5.74, 6) is 0.794. The van der Waals surface area contributed by atoms with Crippen molar-refractivity contribution in [1.29, 1.82) is 0 Å². The number of carbonyl (C=O) groups is 1. The van der Waals surface area contributed by atoms with E-state index in [2.05, 4.69) is 22.2 Å². The second-order valence-electron chi connectivity index (χ2n) is 11.4. The topological polar surface area (TPSA) is 119 Å². The fourth-order valence-electron chi connectivity index (χ4n) is 6.61. The lowest BCUT2D eigenvalue weighted by molar-refractivity contribution is 0.0949. The number of fused-ring (bicyclic) bond motifs is 3. The van der Waals surface area contributed by atoms with Gasteiger partial charge in [0.2, 0.25) is 5.43 Å². The van der Waals surface area contributed by atoms with Crippen LogP contribution in [0.5, 0.6) is 11.5 Å². The molecule has 2 fully saturated rings. The zero-order valence-electron chi connectivity index (χ0n) is 22.7. The predicted octanol–water partition coefficient (Wildman–Crippen LogP) is 3.58. The summed E-state index contributed by atoms with van der Waals surface area (Å²) in [6.07, 6.45) is 5.67. The number of pyridine rings is 1. The highest BCUT2D eigenvalue weighted by Gasteiger charge is 2.32. The number of amides is 1. The van der Waals surface area contributed by atoms with Gasteiger partial charge in [0.05, 0.1) is 16.8 Å². The number of benzene rings is 3. The van der Waals surface area contributed by atoms with Crippen LogP contribution in [0.3, 0.4) is 0 Å². The van der Waals surface area contributed by atoms with E-state index in [4.69, 9.17) is 16.2 Å². The molecule has 4 aromatic rings. The second kappa shape index (κ2) is 9.53. The molecule has 3 aliphatic rings. The molecule has 3 aliphatic heterocycles. The predicted molar refractivity (Wildman–Crippen MR) is 159 cm³/mol. The molecule has 9 heteroatoms. The van der Waals surface area contributed by atoms with Crippen molar-refractivity contribution in [2.75, 3.05) is 43.9 Å². The summed E-state index contributed by atoms with van der Waals surface area (Å²) in [6, 6.07) is 14.3. The molecule has 1 unspecified atom stereocenters. The molecule has 0 radical (unpaired) electrons. The van der Waals surface area contributed by atoms with Gasteiger partial charge in [-0.1, -0.05) is 24.3 Å². The molecule has 0 aliphatic carbocycles. The standard InChI is InChI=1S/C31H34N6O3/c1-35-11-4-7-21(35)8-10-34-31(39)23-17-37-25-13-18-5-2-3-6-19(18)14-26(25)40-30-27(37)22(29(23)38)15-24(33)28(30)36-12-9-20(32)16-36/h2-3,5-6,13-15,17,20-21H,4,7-12,16,32-33H2,1H3,(H,34,39)/t20-,21?/m0/s1. The van der Waals surface area contributed by atoms with Crippen LogP contribution in [-0.4, -0.2) is 60.7 Å². The number of carbonyl (C=O) groups excluding carboxylic acids is 1. The van der Waals surface area contributed by atoms with Crippen LogP contribution in [0.1, 0.15) is 36.0 Å². The smallest absolute Gasteiger partial charge is 0.256 e. The Morgan fingerprint density at radius 2 is 1.93 bits per heavy atom. The van der Waals surface area contributed by atoms with Gasteiger partial charge in [-0.25, -0.2) is 0 Å². The Balaban J connectivity index is 1.38. The van der Waals surface area contributed by atoms with Crippen molar-refractivity contribution in [3.05, 3.63) is 64.4 Å². The number of ether oxygens (including phenoxy) is 1. The molecule has 0 spiro atoms. The zero-order chi connectivity index (χ0) is 27.5. The number of hydrogen-bond donors (Lipinski definition) is 3. The average molecular weight is 539 g/mol. The highest BCUT2D eigenvalue weighted by atomic mass is 16.5. The molecule has 2 saturated heterocycles. The first kappa shape index (κ1) is 24.9. The van der Waals surface area contributed by atoms with Crippen LogP contribution in [0, 0.1) is 0 Å². The van der Waals surface area contributed by atoms with Crippen molar-refractivity contribution < 1.29 is 9.53 Å². The number of rotatable bonds is 5. The first-order valence-electron chi connectivity index (χ1n) is 14.1. The van der Waals surface area contributed by atoms with Crippen LogP contribution in [0.4, 0.5) is 11.4 Å². The summed E-state index contributed by atoms with van der Waals surface area (Å²) in [7, 11) is 2.12. The lowest BCUT2D eigenvalue weighted by Gasteiger charge is -2.30. The van der Waals surface area contributed by atoms with Gasteiger partial charge in [-0.15, -0.1) is 0 Å². The van der Waals surface area contributed by atoms with Crippen molar-refractivity contribution in [1.82, 2.24) is 14.8 Å². The summed E-state index contributed by atoms with van der Waals surface area (Å²) in [5, 5.41) is 5.43. The monoisotopic (exact) mass is 538 g/mol. The van der Waals surface area contributed by atoms with E-state index >= 15 is 0 Å². The molecule has 5 N–H and O–H groups in total. The summed E-state index contributed by atoms with van der Waals surface area (Å²) in [4.78, 5) is 31.7. The number of hydrogen-bond acceptors (Lipinski definition) is 7. The fraction of sp³-hybridized carbons (Fsp3) is 0.355. The van der Waals surface area contributed by atoms with Gasteiger partial charge in [0, 0.05) is 37.9 Å². The molecule has 1 amide bonds. The maximum absolute atomic E-state index is 13.8. The molecular formula is C31H34N6O3. The van der Waals surface area contributed by atoms with Gasteiger partial charge < -0.3 is 35.9 Å². The molecule has 2 atom stereocenters. The van der Waals surface area contributed by atoms with Crippen LogP contribution >= 0.6 is 0 Å². The third-order valence-corrected chi connectivity index (χ3v) is 8.77. The van der Waals surface area contributed by atoms with Crippen molar-refractivity contribution in [2.45, 2.75) is 37.8 Å². The third kappa shape index (κ3) is 4.00. The van der Waals surface area contributed by atoms with E-state index in [1.54, 1.807) is 12.3 Å². The SMILES string of the molecule is CN1CCCC1CCNC(=O)c1cn2c3c(c(N4CC[C@H](N)C4)c(N)cc3c1=O)Oc1cc3ccccc3cc1-2. The maximum Gasteiger partial charge on any atom is 0.256 e. The quantitative estimate of drug-likeness (QED) is 0.293. The van der Waals surface area contributed by atoms with Crippen LogP contribution in [-0.2, 0) is 0 Å². The van der Waals surface area contributed by atoms with Gasteiger partial charge in [-0.3, -0.25) is 9.59 Å². The van der Waals surface area contributed by atoms with Crippen molar-refractivity contribution in [3.63, 3.8) is 0 Å². The number of nitrogen functional groups attached to an aromatic ring is 1. The zero-order valence-corrected chi connectivity index (χ0v) is 22.7. The first-order valence-corrected chi connectivity index (χ1v) is 14.1. The van der Waals surface area contributed by atoms with E-state index < -0.39 is 0 Å². The highest BCUT2D eigenvalue weighted by molar-refractivity contribution is 6.04. The second-order valence-corrected chi connectivity index (χ2v) is 11.4. The van der Waals surface area contributed by atoms with Gasteiger partial charge in [0.25, 0.3) is 5.91 Å². The molecule has 7 rings (SSSR count). The number of nitrogens with one attached hydrogen (secondary N) is 1. The van der Waals surface area contributed by atoms with E-state index in [1.165, 1.54) is 6.42 Å². The van der Waals surface area contributed by atoms with E-state index in [0.717, 1.165) is 54.5 Å². The van der Waals surface area contributed by atoms with Crippen molar-refractivity contribution in [2.24, 2.45) is 5.73 Å².